The van der Waals surface area contributed by atoms with Crippen LogP contribution in [0.2, 0.25) is 0 Å². The fourth-order valence-electron chi connectivity index (χ4n) is 4.04. The lowest BCUT2D eigenvalue weighted by Gasteiger charge is -2.25. The molecule has 1 saturated heterocycles. The molecule has 202 valence electrons. The molecule has 4 heterocycles. The third kappa shape index (κ3) is 6.95. The van der Waals surface area contributed by atoms with E-state index in [0.717, 1.165) is 12.8 Å². The molecule has 4 rings (SSSR count). The maximum atomic E-state index is 12.2. The minimum Gasteiger partial charge on any atom is -0.487 e. The summed E-state index contributed by atoms with van der Waals surface area (Å²) in [4.78, 5) is 27.8. The number of nitriles is 1. The summed E-state index contributed by atoms with van der Waals surface area (Å²) in [5.74, 6) is 1.32. The molecule has 0 saturated carbocycles. The fourth-order valence-corrected chi connectivity index (χ4v) is 4.04. The van der Waals surface area contributed by atoms with Crippen LogP contribution in [0.15, 0.2) is 30.7 Å². The highest BCUT2D eigenvalue weighted by atomic mass is 16.6. The van der Waals surface area contributed by atoms with Crippen molar-refractivity contribution in [3.05, 3.63) is 36.3 Å². The number of imidazole rings is 1. The predicted octanol–water partition coefficient (Wildman–Crippen LogP) is 2.17. The average molecular weight is 524 g/mol. The highest BCUT2D eigenvalue weighted by Crippen LogP contribution is 2.29. The van der Waals surface area contributed by atoms with E-state index in [2.05, 4.69) is 21.4 Å². The number of pyridine rings is 2. The lowest BCUT2D eigenvalue weighted by molar-refractivity contribution is -0.158. The zero-order valence-electron chi connectivity index (χ0n) is 21.9. The van der Waals surface area contributed by atoms with Crippen LogP contribution >= 0.6 is 0 Å². The van der Waals surface area contributed by atoms with Crippen LogP contribution in [0.3, 0.4) is 0 Å². The highest BCUT2D eigenvalue weighted by Gasteiger charge is 2.22. The summed E-state index contributed by atoms with van der Waals surface area (Å²) in [7, 11) is 3.74. The molecule has 1 atom stereocenters. The molecule has 12 heteroatoms. The Morgan fingerprint density at radius 1 is 1.29 bits per heavy atom. The Kier molecular flexibility index (Phi) is 9.42. The van der Waals surface area contributed by atoms with Gasteiger partial charge in [-0.25, -0.2) is 19.7 Å². The molecule has 0 amide bonds. The molecule has 12 nitrogen and oxygen atoms in total. The third-order valence-corrected chi connectivity index (χ3v) is 5.91. The number of aromatic nitrogens is 4. The smallest absolute Gasteiger partial charge is 0.336 e. The van der Waals surface area contributed by atoms with Crippen molar-refractivity contribution in [2.45, 2.75) is 31.9 Å². The van der Waals surface area contributed by atoms with E-state index in [1.54, 1.807) is 30.0 Å². The molecular formula is C26H33N7O5. The van der Waals surface area contributed by atoms with E-state index in [1.807, 2.05) is 25.1 Å². The van der Waals surface area contributed by atoms with E-state index < -0.39 is 12.1 Å². The highest BCUT2D eigenvalue weighted by molar-refractivity contribution is 5.78. The molecule has 0 aliphatic carbocycles. The number of anilines is 1. The monoisotopic (exact) mass is 523 g/mol. The van der Waals surface area contributed by atoms with Gasteiger partial charge in [-0.2, -0.15) is 5.26 Å². The Balaban J connectivity index is 1.53. The Morgan fingerprint density at radius 2 is 2.11 bits per heavy atom. The number of likely N-dealkylation sites (N-methyl/N-ethyl adjacent to an activating group) is 1. The lowest BCUT2D eigenvalue weighted by Crippen LogP contribution is -2.37. The number of hydrogen-bond donors (Lipinski definition) is 1. The maximum absolute atomic E-state index is 12.2. The van der Waals surface area contributed by atoms with Crippen molar-refractivity contribution in [1.82, 2.24) is 24.4 Å². The minimum absolute atomic E-state index is 0.185. The van der Waals surface area contributed by atoms with E-state index in [9.17, 15) is 4.79 Å². The van der Waals surface area contributed by atoms with Crippen molar-refractivity contribution in [2.24, 2.45) is 0 Å². The molecule has 0 bridgehead atoms. The number of rotatable bonds is 12. The first kappa shape index (κ1) is 27.3. The van der Waals surface area contributed by atoms with E-state index in [1.165, 1.54) is 6.20 Å². The van der Waals surface area contributed by atoms with E-state index in [4.69, 9.17) is 29.2 Å². The van der Waals surface area contributed by atoms with Crippen molar-refractivity contribution in [3.8, 4) is 17.6 Å². The molecule has 1 unspecified atom stereocenters. The van der Waals surface area contributed by atoms with Crippen LogP contribution in [0.5, 0.6) is 5.75 Å². The molecule has 0 spiro atoms. The summed E-state index contributed by atoms with van der Waals surface area (Å²) >= 11 is 0. The van der Waals surface area contributed by atoms with Gasteiger partial charge in [0.15, 0.2) is 23.3 Å². The molecular weight excluding hydrogens is 490 g/mol. The van der Waals surface area contributed by atoms with Gasteiger partial charge in [-0.15, -0.1) is 0 Å². The summed E-state index contributed by atoms with van der Waals surface area (Å²) in [6.45, 7) is 4.22. The summed E-state index contributed by atoms with van der Waals surface area (Å²) in [6, 6.07) is 7.54. The Bertz CT molecular complexity index is 1250. The number of esters is 1. The lowest BCUT2D eigenvalue weighted by atomic mass is 10.1. The SMILES string of the molecule is CCOC(=O)C(CN(C)C)OCCOc1cc2ncn(-c3ccc(C#N)cn3)c2nc1NC1CCOCC1. The van der Waals surface area contributed by atoms with E-state index >= 15 is 0 Å². The first-order chi connectivity index (χ1) is 18.5. The normalized spacial score (nSPS) is 14.8. The van der Waals surface area contributed by atoms with Gasteiger partial charge in [-0.3, -0.25) is 4.57 Å². The van der Waals surface area contributed by atoms with Crippen molar-refractivity contribution < 1.29 is 23.7 Å². The fraction of sp³-hybridized carbons (Fsp3) is 0.500. The van der Waals surface area contributed by atoms with E-state index in [0.29, 0.717) is 60.5 Å². The zero-order chi connectivity index (χ0) is 26.9. The average Bonchev–Trinajstić information content (AvgIpc) is 3.33. The van der Waals surface area contributed by atoms with Crippen LogP contribution in [-0.4, -0.2) is 96.2 Å². The molecule has 0 aromatic carbocycles. The molecule has 1 N–H and O–H groups in total. The summed E-state index contributed by atoms with van der Waals surface area (Å²) in [6.07, 6.45) is 4.15. The van der Waals surface area contributed by atoms with Gasteiger partial charge in [0.25, 0.3) is 0 Å². The molecule has 3 aromatic heterocycles. The maximum Gasteiger partial charge on any atom is 0.336 e. The second-order valence-corrected chi connectivity index (χ2v) is 9.06. The van der Waals surface area contributed by atoms with Gasteiger partial charge in [-0.1, -0.05) is 0 Å². The molecule has 0 radical (unpaired) electrons. The quantitative estimate of drug-likeness (QED) is 0.276. The van der Waals surface area contributed by atoms with Crippen LogP contribution in [0, 0.1) is 11.3 Å². The predicted molar refractivity (Wildman–Crippen MR) is 139 cm³/mol. The van der Waals surface area contributed by atoms with Gasteiger partial charge >= 0.3 is 5.97 Å². The van der Waals surface area contributed by atoms with Gasteiger partial charge in [0.1, 0.15) is 30.3 Å². The van der Waals surface area contributed by atoms with Crippen LogP contribution in [0.1, 0.15) is 25.3 Å². The number of nitrogens with one attached hydrogen (secondary N) is 1. The summed E-state index contributed by atoms with van der Waals surface area (Å²) in [5.41, 5.74) is 1.71. The van der Waals surface area contributed by atoms with Crippen LogP contribution < -0.4 is 10.1 Å². The second kappa shape index (κ2) is 13.1. The number of carbonyl (C=O) groups excluding carboxylic acids is 1. The topological polar surface area (TPSA) is 137 Å². The van der Waals surface area contributed by atoms with Crippen LogP contribution in [0.25, 0.3) is 17.0 Å². The van der Waals surface area contributed by atoms with E-state index in [-0.39, 0.29) is 19.3 Å². The third-order valence-electron chi connectivity index (χ3n) is 5.91. The summed E-state index contributed by atoms with van der Waals surface area (Å²) in [5, 5.41) is 12.6. The Morgan fingerprint density at radius 3 is 2.79 bits per heavy atom. The minimum atomic E-state index is -0.704. The standard InChI is InChI=1S/C26H33N7O5/c1-4-36-26(34)22(16-32(2)3)38-12-11-37-21-13-20-25(31-24(21)30-19-7-9-35-10-8-19)33(17-29-20)23-6-5-18(14-27)15-28-23/h5-6,13,15,17,19,22H,4,7-12,16H2,1-3H3,(H,30,31). The summed E-state index contributed by atoms with van der Waals surface area (Å²) < 4.78 is 24.3. The van der Waals surface area contributed by atoms with Gasteiger partial charge < -0.3 is 29.2 Å². The molecule has 3 aromatic rings. The van der Waals surface area contributed by atoms with Crippen molar-refractivity contribution >= 4 is 23.0 Å². The molecule has 1 aliphatic rings. The molecule has 1 aliphatic heterocycles. The largest absolute Gasteiger partial charge is 0.487 e. The Hall–Kier alpha value is -3.79. The second-order valence-electron chi connectivity index (χ2n) is 9.06. The van der Waals surface area contributed by atoms with Crippen molar-refractivity contribution in [1.29, 1.82) is 5.26 Å². The number of ether oxygens (including phenoxy) is 4. The number of fused-ring (bicyclic) bond motifs is 1. The number of nitrogens with zero attached hydrogens (tertiary/aromatic N) is 6. The van der Waals surface area contributed by atoms with Crippen molar-refractivity contribution in [2.75, 3.05) is 59.0 Å². The van der Waals surface area contributed by atoms with Crippen LogP contribution in [0.4, 0.5) is 5.82 Å². The van der Waals surface area contributed by atoms with Gasteiger partial charge in [0, 0.05) is 38.1 Å². The number of hydrogen-bond acceptors (Lipinski definition) is 11. The number of carbonyl (C=O) groups is 1. The first-order valence-corrected chi connectivity index (χ1v) is 12.6. The zero-order valence-corrected chi connectivity index (χ0v) is 21.9. The van der Waals surface area contributed by atoms with Gasteiger partial charge in [0.05, 0.1) is 18.8 Å². The van der Waals surface area contributed by atoms with Crippen LogP contribution in [-0.2, 0) is 19.0 Å². The molecule has 38 heavy (non-hydrogen) atoms. The van der Waals surface area contributed by atoms with Gasteiger partial charge in [-0.05, 0) is 46.0 Å². The Labute approximate surface area is 221 Å². The van der Waals surface area contributed by atoms with Gasteiger partial charge in [0.2, 0.25) is 0 Å². The first-order valence-electron chi connectivity index (χ1n) is 12.6. The van der Waals surface area contributed by atoms with Crippen molar-refractivity contribution in [3.63, 3.8) is 0 Å². The molecule has 1 fully saturated rings.